The van der Waals surface area contributed by atoms with Crippen LogP contribution in [0.1, 0.15) is 36.8 Å². The monoisotopic (exact) mass is 429 g/mol. The van der Waals surface area contributed by atoms with Gasteiger partial charge >= 0.3 is 5.97 Å². The molecule has 0 N–H and O–H groups in total. The number of esters is 1. The zero-order valence-corrected chi connectivity index (χ0v) is 18.7. The molecule has 0 radical (unpaired) electrons. The highest BCUT2D eigenvalue weighted by Gasteiger charge is 2.55. The highest BCUT2D eigenvalue weighted by Crippen LogP contribution is 2.42. The normalized spacial score (nSPS) is 23.7. The summed E-state index contributed by atoms with van der Waals surface area (Å²) >= 11 is 0. The Kier molecular flexibility index (Phi) is 6.79. The van der Waals surface area contributed by atoms with Gasteiger partial charge in [-0.2, -0.15) is 0 Å². The molecule has 31 heavy (non-hydrogen) atoms. The Labute approximate surface area is 183 Å². The number of likely N-dealkylation sites (tertiary alicyclic amines) is 2. The predicted molar refractivity (Wildman–Crippen MR) is 114 cm³/mol. The minimum absolute atomic E-state index is 0.0490. The summed E-state index contributed by atoms with van der Waals surface area (Å²) < 4.78 is 4.86. The molecule has 0 spiro atoms. The van der Waals surface area contributed by atoms with Gasteiger partial charge in [0.05, 0.1) is 12.5 Å². The lowest BCUT2D eigenvalue weighted by molar-refractivity contribution is -0.151. The largest absolute Gasteiger partial charge is 0.467 e. The zero-order valence-electron chi connectivity index (χ0n) is 18.7. The molecule has 2 aliphatic rings. The van der Waals surface area contributed by atoms with Crippen molar-refractivity contribution in [3.63, 3.8) is 0 Å². The Morgan fingerprint density at radius 2 is 1.94 bits per heavy atom. The van der Waals surface area contributed by atoms with Crippen molar-refractivity contribution in [2.24, 2.45) is 0 Å². The van der Waals surface area contributed by atoms with Crippen LogP contribution in [0.5, 0.6) is 0 Å². The van der Waals surface area contributed by atoms with E-state index in [-0.39, 0.29) is 37.1 Å². The first-order chi connectivity index (χ1) is 14.7. The first-order valence-corrected chi connectivity index (χ1v) is 10.6. The fraction of sp³-hybridized carbons (Fsp3) is 0.565. The number of amides is 3. The molecular weight excluding hydrogens is 398 g/mol. The van der Waals surface area contributed by atoms with Crippen LogP contribution in [0, 0.1) is 6.92 Å². The van der Waals surface area contributed by atoms with Crippen molar-refractivity contribution in [1.82, 2.24) is 14.7 Å². The molecule has 0 aromatic heterocycles. The van der Waals surface area contributed by atoms with Crippen LogP contribution in [0.4, 0.5) is 0 Å². The maximum absolute atomic E-state index is 13.6. The molecule has 1 aromatic rings. The standard InChI is InChI=1S/C23H31N3O5/c1-16-8-5-6-9-17(16)23(15-20(28)26(22(23)30)13-12-24(2)3)14-19(27)25-11-7-10-18(25)21(29)31-4/h5-6,8-9,18H,7,10-15H2,1-4H3/t18-,23+/m0/s1. The third-order valence-electron chi connectivity index (χ3n) is 6.34. The number of carbonyl (C=O) groups is 4. The van der Waals surface area contributed by atoms with Crippen LogP contribution >= 0.6 is 0 Å². The molecule has 2 fully saturated rings. The van der Waals surface area contributed by atoms with Crippen molar-refractivity contribution in [2.45, 2.75) is 44.1 Å². The fourth-order valence-electron chi connectivity index (χ4n) is 4.69. The molecule has 0 saturated carbocycles. The van der Waals surface area contributed by atoms with Crippen molar-refractivity contribution < 1.29 is 23.9 Å². The van der Waals surface area contributed by atoms with Gasteiger partial charge in [0.2, 0.25) is 17.7 Å². The second-order valence-electron chi connectivity index (χ2n) is 8.67. The van der Waals surface area contributed by atoms with E-state index >= 15 is 0 Å². The lowest BCUT2D eigenvalue weighted by Crippen LogP contribution is -2.47. The van der Waals surface area contributed by atoms with E-state index in [1.165, 1.54) is 16.9 Å². The van der Waals surface area contributed by atoms with Crippen LogP contribution in [0.3, 0.4) is 0 Å². The quantitative estimate of drug-likeness (QED) is 0.477. The van der Waals surface area contributed by atoms with Gasteiger partial charge in [-0.3, -0.25) is 19.3 Å². The number of ether oxygens (including phenoxy) is 1. The summed E-state index contributed by atoms with van der Waals surface area (Å²) in [6, 6.07) is 6.76. The van der Waals surface area contributed by atoms with Crippen LogP contribution in [-0.4, -0.2) is 85.3 Å². The molecule has 3 rings (SSSR count). The molecule has 2 aliphatic heterocycles. The van der Waals surface area contributed by atoms with E-state index in [1.54, 1.807) is 0 Å². The van der Waals surface area contributed by atoms with Gasteiger partial charge in [-0.05, 0) is 45.0 Å². The summed E-state index contributed by atoms with van der Waals surface area (Å²) in [4.78, 5) is 56.8. The Bertz CT molecular complexity index is 884. The summed E-state index contributed by atoms with van der Waals surface area (Å²) in [5.74, 6) is -1.35. The van der Waals surface area contributed by atoms with Crippen LogP contribution in [0.15, 0.2) is 24.3 Å². The number of likely N-dealkylation sites (N-methyl/N-ethyl adjacent to an activating group) is 1. The van der Waals surface area contributed by atoms with E-state index < -0.39 is 17.4 Å². The Morgan fingerprint density at radius 3 is 2.58 bits per heavy atom. The Morgan fingerprint density at radius 1 is 1.23 bits per heavy atom. The second-order valence-corrected chi connectivity index (χ2v) is 8.67. The molecule has 2 saturated heterocycles. The topological polar surface area (TPSA) is 87.2 Å². The van der Waals surface area contributed by atoms with Crippen molar-refractivity contribution >= 4 is 23.7 Å². The van der Waals surface area contributed by atoms with Gasteiger partial charge in [-0.1, -0.05) is 24.3 Å². The van der Waals surface area contributed by atoms with Gasteiger partial charge in [-0.25, -0.2) is 4.79 Å². The van der Waals surface area contributed by atoms with E-state index in [1.807, 2.05) is 50.2 Å². The van der Waals surface area contributed by atoms with Crippen LogP contribution < -0.4 is 0 Å². The van der Waals surface area contributed by atoms with Gasteiger partial charge < -0.3 is 14.5 Å². The fourth-order valence-corrected chi connectivity index (χ4v) is 4.69. The minimum atomic E-state index is -1.25. The third-order valence-corrected chi connectivity index (χ3v) is 6.34. The van der Waals surface area contributed by atoms with Gasteiger partial charge in [0.25, 0.3) is 0 Å². The summed E-state index contributed by atoms with van der Waals surface area (Å²) in [7, 11) is 5.06. The number of benzene rings is 1. The Hall–Kier alpha value is -2.74. The van der Waals surface area contributed by atoms with Crippen molar-refractivity contribution in [3.8, 4) is 0 Å². The van der Waals surface area contributed by atoms with Gasteiger partial charge in [0, 0.05) is 32.5 Å². The van der Waals surface area contributed by atoms with E-state index in [4.69, 9.17) is 4.74 Å². The predicted octanol–water partition coefficient (Wildman–Crippen LogP) is 1.11. The van der Waals surface area contributed by atoms with Crippen molar-refractivity contribution in [1.29, 1.82) is 0 Å². The van der Waals surface area contributed by atoms with Gasteiger partial charge in [0.1, 0.15) is 6.04 Å². The molecular formula is C23H31N3O5. The summed E-state index contributed by atoms with van der Waals surface area (Å²) in [5.41, 5.74) is 0.300. The van der Waals surface area contributed by atoms with E-state index in [0.29, 0.717) is 31.5 Å². The molecule has 8 heteroatoms. The average molecular weight is 430 g/mol. The van der Waals surface area contributed by atoms with E-state index in [9.17, 15) is 19.2 Å². The highest BCUT2D eigenvalue weighted by atomic mass is 16.5. The first kappa shape index (κ1) is 22.9. The molecule has 0 unspecified atom stereocenters. The molecule has 0 aliphatic carbocycles. The smallest absolute Gasteiger partial charge is 0.328 e. The maximum Gasteiger partial charge on any atom is 0.328 e. The highest BCUT2D eigenvalue weighted by molar-refractivity contribution is 6.11. The van der Waals surface area contributed by atoms with Gasteiger partial charge in [-0.15, -0.1) is 0 Å². The van der Waals surface area contributed by atoms with Crippen molar-refractivity contribution in [3.05, 3.63) is 35.4 Å². The molecule has 1 aromatic carbocycles. The Balaban J connectivity index is 1.96. The number of rotatable bonds is 7. The summed E-state index contributed by atoms with van der Waals surface area (Å²) in [6.45, 7) is 3.15. The second kappa shape index (κ2) is 9.18. The lowest BCUT2D eigenvalue weighted by Gasteiger charge is -2.31. The van der Waals surface area contributed by atoms with E-state index in [0.717, 1.165) is 5.56 Å². The summed E-state index contributed by atoms with van der Waals surface area (Å²) in [6.07, 6.45) is 1.04. The number of imide groups is 1. The number of methoxy groups -OCH3 is 1. The van der Waals surface area contributed by atoms with Crippen LogP contribution in [-0.2, 0) is 29.3 Å². The molecule has 0 bridgehead atoms. The number of nitrogens with zero attached hydrogens (tertiary/aromatic N) is 3. The van der Waals surface area contributed by atoms with Gasteiger partial charge in [0.15, 0.2) is 0 Å². The van der Waals surface area contributed by atoms with Crippen molar-refractivity contribution in [2.75, 3.05) is 40.8 Å². The molecule has 2 heterocycles. The molecule has 8 nitrogen and oxygen atoms in total. The lowest BCUT2D eigenvalue weighted by atomic mass is 9.74. The number of hydrogen-bond acceptors (Lipinski definition) is 6. The van der Waals surface area contributed by atoms with E-state index in [2.05, 4.69) is 0 Å². The number of carbonyl (C=O) groups excluding carboxylic acids is 4. The molecule has 2 atom stereocenters. The number of hydrogen-bond donors (Lipinski definition) is 0. The van der Waals surface area contributed by atoms with Crippen LogP contribution in [0.2, 0.25) is 0 Å². The zero-order chi connectivity index (χ0) is 22.8. The van der Waals surface area contributed by atoms with Crippen LogP contribution in [0.25, 0.3) is 0 Å². The number of aryl methyl sites for hydroxylation is 1. The first-order valence-electron chi connectivity index (χ1n) is 10.6. The molecule has 168 valence electrons. The maximum atomic E-state index is 13.6. The molecule has 3 amide bonds. The summed E-state index contributed by atoms with van der Waals surface area (Å²) in [5, 5.41) is 0. The minimum Gasteiger partial charge on any atom is -0.467 e. The SMILES string of the molecule is COC(=O)[C@@H]1CCCN1C(=O)C[C@]1(c2ccccc2C)CC(=O)N(CCN(C)C)C1=O. The average Bonchev–Trinajstić information content (AvgIpc) is 3.30. The third kappa shape index (κ3) is 4.35.